The number of amides is 2. The number of hydrogen-bond acceptors (Lipinski definition) is 5. The van der Waals surface area contributed by atoms with E-state index in [1.165, 1.54) is 6.92 Å². The molecule has 3 atom stereocenters. The maximum atomic E-state index is 13.3. The Morgan fingerprint density at radius 3 is 2.71 bits per heavy atom. The summed E-state index contributed by atoms with van der Waals surface area (Å²) in [6.07, 6.45) is 2.26. The zero-order chi connectivity index (χ0) is 20.4. The van der Waals surface area contributed by atoms with Gasteiger partial charge in [0.15, 0.2) is 0 Å². The molecule has 1 aromatic heterocycles. The van der Waals surface area contributed by atoms with Crippen molar-refractivity contribution >= 4 is 17.8 Å². The van der Waals surface area contributed by atoms with Gasteiger partial charge in [0.2, 0.25) is 11.8 Å². The first-order valence-electron chi connectivity index (χ1n) is 10.0. The fraction of sp³-hybridized carbons (Fsp3) is 0.700. The van der Waals surface area contributed by atoms with Crippen LogP contribution in [0.3, 0.4) is 0 Å². The Kier molecular flexibility index (Phi) is 6.05. The number of likely N-dealkylation sites (tertiary alicyclic amines) is 1. The summed E-state index contributed by atoms with van der Waals surface area (Å²) >= 11 is 0. The van der Waals surface area contributed by atoms with Crippen LogP contribution in [0.15, 0.2) is 6.07 Å². The number of ether oxygens (including phenoxy) is 1. The van der Waals surface area contributed by atoms with Gasteiger partial charge in [0.25, 0.3) is 0 Å². The average molecular weight is 390 g/mol. The summed E-state index contributed by atoms with van der Waals surface area (Å²) in [4.78, 5) is 40.6. The minimum absolute atomic E-state index is 0.0504. The van der Waals surface area contributed by atoms with Crippen LogP contribution in [0, 0.1) is 18.8 Å². The lowest BCUT2D eigenvalue weighted by Crippen LogP contribution is -2.47. The van der Waals surface area contributed by atoms with Crippen molar-refractivity contribution in [2.24, 2.45) is 18.9 Å². The molecular formula is C20H30N4O4. The van der Waals surface area contributed by atoms with E-state index in [0.717, 1.165) is 24.2 Å². The second-order valence-electron chi connectivity index (χ2n) is 7.84. The summed E-state index contributed by atoms with van der Waals surface area (Å²) in [6, 6.07) is 1.55. The van der Waals surface area contributed by atoms with E-state index in [-0.39, 0.29) is 29.6 Å². The Labute approximate surface area is 165 Å². The van der Waals surface area contributed by atoms with Gasteiger partial charge in [-0.1, -0.05) is 0 Å². The minimum atomic E-state index is -0.415. The van der Waals surface area contributed by atoms with E-state index in [1.54, 1.807) is 21.4 Å². The quantitative estimate of drug-likeness (QED) is 0.655. The van der Waals surface area contributed by atoms with E-state index in [9.17, 15) is 14.4 Å². The molecule has 0 N–H and O–H groups in total. The van der Waals surface area contributed by atoms with Crippen LogP contribution in [0.4, 0.5) is 0 Å². The topological polar surface area (TPSA) is 84.7 Å². The smallest absolute Gasteiger partial charge is 0.309 e. The number of carbonyl (C=O) groups is 3. The van der Waals surface area contributed by atoms with Crippen molar-refractivity contribution in [1.29, 1.82) is 0 Å². The third kappa shape index (κ3) is 4.36. The van der Waals surface area contributed by atoms with E-state index in [4.69, 9.17) is 4.74 Å². The van der Waals surface area contributed by atoms with Crippen molar-refractivity contribution in [3.63, 3.8) is 0 Å². The van der Waals surface area contributed by atoms with Crippen LogP contribution in [0.2, 0.25) is 0 Å². The number of aryl methyl sites for hydroxylation is 2. The lowest BCUT2D eigenvalue weighted by atomic mass is 10.1. The van der Waals surface area contributed by atoms with Gasteiger partial charge < -0.3 is 14.5 Å². The molecule has 28 heavy (non-hydrogen) atoms. The Morgan fingerprint density at radius 1 is 1.36 bits per heavy atom. The van der Waals surface area contributed by atoms with Gasteiger partial charge in [-0.15, -0.1) is 0 Å². The summed E-state index contributed by atoms with van der Waals surface area (Å²) in [6.45, 7) is 7.13. The van der Waals surface area contributed by atoms with Crippen molar-refractivity contribution in [3.8, 4) is 0 Å². The molecule has 0 unspecified atom stereocenters. The third-order valence-electron chi connectivity index (χ3n) is 5.74. The summed E-state index contributed by atoms with van der Waals surface area (Å²) in [7, 11) is 1.87. The zero-order valence-corrected chi connectivity index (χ0v) is 17.2. The van der Waals surface area contributed by atoms with Crippen LogP contribution in [0.5, 0.6) is 0 Å². The molecular weight excluding hydrogens is 360 g/mol. The van der Waals surface area contributed by atoms with E-state index in [0.29, 0.717) is 32.7 Å². The highest BCUT2D eigenvalue weighted by Gasteiger charge is 2.46. The van der Waals surface area contributed by atoms with Crippen LogP contribution < -0.4 is 0 Å². The Bertz CT molecular complexity index is 740. The molecule has 3 rings (SSSR count). The van der Waals surface area contributed by atoms with Gasteiger partial charge in [-0.25, -0.2) is 0 Å². The Hall–Kier alpha value is -2.38. The van der Waals surface area contributed by atoms with Gasteiger partial charge in [-0.3, -0.25) is 19.1 Å². The minimum Gasteiger partial charge on any atom is -0.466 e. The fourth-order valence-electron chi connectivity index (χ4n) is 4.02. The molecule has 0 spiro atoms. The number of rotatable bonds is 7. The molecule has 8 heteroatoms. The second kappa shape index (κ2) is 8.32. The van der Waals surface area contributed by atoms with Crippen LogP contribution in [0.25, 0.3) is 0 Å². The van der Waals surface area contributed by atoms with Crippen molar-refractivity contribution in [2.45, 2.75) is 52.6 Å². The highest BCUT2D eigenvalue weighted by atomic mass is 16.5. The molecule has 154 valence electrons. The summed E-state index contributed by atoms with van der Waals surface area (Å²) in [5, 5.41) is 4.48. The second-order valence-corrected chi connectivity index (χ2v) is 7.84. The first-order valence-corrected chi connectivity index (χ1v) is 10.0. The maximum absolute atomic E-state index is 13.3. The first kappa shape index (κ1) is 20.4. The van der Waals surface area contributed by atoms with Gasteiger partial charge in [0, 0.05) is 32.8 Å². The molecule has 1 saturated carbocycles. The highest BCUT2D eigenvalue weighted by Crippen LogP contribution is 2.40. The summed E-state index contributed by atoms with van der Waals surface area (Å²) in [5.74, 6) is -0.321. The molecule has 1 aliphatic heterocycles. The molecule has 2 fully saturated rings. The molecule has 0 aromatic carbocycles. The number of esters is 1. The third-order valence-corrected chi connectivity index (χ3v) is 5.74. The van der Waals surface area contributed by atoms with E-state index in [1.807, 2.05) is 20.0 Å². The van der Waals surface area contributed by atoms with Crippen LogP contribution in [-0.4, -0.2) is 63.1 Å². The van der Waals surface area contributed by atoms with E-state index in [2.05, 4.69) is 5.10 Å². The number of carbonyl (C=O) groups excluding carboxylic acids is 3. The van der Waals surface area contributed by atoms with Crippen molar-refractivity contribution in [3.05, 3.63) is 17.5 Å². The molecule has 2 aliphatic rings. The number of aromatic nitrogens is 2. The van der Waals surface area contributed by atoms with Crippen LogP contribution in [0.1, 0.15) is 44.5 Å². The number of hydrogen-bond donors (Lipinski definition) is 0. The zero-order valence-electron chi connectivity index (χ0n) is 17.2. The molecule has 8 nitrogen and oxygen atoms in total. The summed E-state index contributed by atoms with van der Waals surface area (Å²) in [5.41, 5.74) is 1.83. The number of nitrogens with zero attached hydrogens (tertiary/aromatic N) is 4. The standard InChI is InChI=1S/C20H30N4O4/c1-5-28-20(27)17-10-15(17)11-23(12-16-9-13(2)22(4)21-16)19(26)18-7-6-8-24(18)14(3)25/h9,15,17-18H,5-8,10-12H2,1-4H3/t15-,17+,18-/m0/s1. The Balaban J connectivity index is 1.73. The lowest BCUT2D eigenvalue weighted by Gasteiger charge is -2.29. The molecule has 0 radical (unpaired) electrons. The van der Waals surface area contributed by atoms with Crippen LogP contribution in [-0.2, 0) is 32.7 Å². The normalized spacial score (nSPS) is 23.6. The first-order chi connectivity index (χ1) is 13.3. The van der Waals surface area contributed by atoms with Gasteiger partial charge in [-0.2, -0.15) is 5.10 Å². The highest BCUT2D eigenvalue weighted by molar-refractivity contribution is 5.87. The van der Waals surface area contributed by atoms with E-state index >= 15 is 0 Å². The fourth-order valence-corrected chi connectivity index (χ4v) is 4.02. The summed E-state index contributed by atoms with van der Waals surface area (Å²) < 4.78 is 6.90. The van der Waals surface area contributed by atoms with E-state index < -0.39 is 6.04 Å². The van der Waals surface area contributed by atoms with Crippen molar-refractivity contribution in [1.82, 2.24) is 19.6 Å². The van der Waals surface area contributed by atoms with Crippen LogP contribution >= 0.6 is 0 Å². The Morgan fingerprint density at radius 2 is 2.11 bits per heavy atom. The lowest BCUT2D eigenvalue weighted by molar-refractivity contribution is -0.146. The largest absolute Gasteiger partial charge is 0.466 e. The predicted octanol–water partition coefficient (Wildman–Crippen LogP) is 1.27. The van der Waals surface area contributed by atoms with Gasteiger partial charge in [0.05, 0.1) is 24.8 Å². The molecule has 2 amide bonds. The monoisotopic (exact) mass is 390 g/mol. The molecule has 2 heterocycles. The SMILES string of the molecule is CCOC(=O)[C@@H]1C[C@H]1CN(Cc1cc(C)n(C)n1)C(=O)[C@@H]1CCCN1C(C)=O. The molecule has 0 bridgehead atoms. The molecule has 1 aliphatic carbocycles. The van der Waals surface area contributed by atoms with Gasteiger partial charge in [0.1, 0.15) is 6.04 Å². The maximum Gasteiger partial charge on any atom is 0.309 e. The predicted molar refractivity (Wildman–Crippen MR) is 102 cm³/mol. The van der Waals surface area contributed by atoms with Gasteiger partial charge >= 0.3 is 5.97 Å². The van der Waals surface area contributed by atoms with Crippen molar-refractivity contribution in [2.75, 3.05) is 19.7 Å². The van der Waals surface area contributed by atoms with Crippen molar-refractivity contribution < 1.29 is 19.1 Å². The van der Waals surface area contributed by atoms with Gasteiger partial charge in [-0.05, 0) is 45.1 Å². The molecule has 1 saturated heterocycles. The molecule has 1 aromatic rings. The average Bonchev–Trinajstić information content (AvgIpc) is 3.08.